The molecule has 0 bridgehead atoms. The Bertz CT molecular complexity index is 429. The lowest BCUT2D eigenvalue weighted by Crippen LogP contribution is -2.10. The molecule has 16 heavy (non-hydrogen) atoms. The number of nitrogens with zero attached hydrogens (tertiary/aromatic N) is 2. The van der Waals surface area contributed by atoms with Crippen LogP contribution in [0.25, 0.3) is 0 Å². The molecule has 1 amide bonds. The zero-order valence-corrected chi connectivity index (χ0v) is 9.00. The fourth-order valence-corrected chi connectivity index (χ4v) is 0.957. The molecule has 0 saturated carbocycles. The van der Waals surface area contributed by atoms with Crippen LogP contribution in [0.3, 0.4) is 0 Å². The first-order valence-corrected chi connectivity index (χ1v) is 4.76. The second-order valence-electron chi connectivity index (χ2n) is 3.14. The van der Waals surface area contributed by atoms with Crippen molar-refractivity contribution in [1.29, 1.82) is 0 Å². The topological polar surface area (TPSA) is 68.9 Å². The molecule has 2 heterocycles. The Morgan fingerprint density at radius 1 is 1.12 bits per heavy atom. The quantitative estimate of drug-likeness (QED) is 0.785. The van der Waals surface area contributed by atoms with Crippen LogP contribution in [-0.4, -0.2) is 15.9 Å². The second-order valence-corrected chi connectivity index (χ2v) is 3.14. The van der Waals surface area contributed by atoms with Crippen LogP contribution in [0.15, 0.2) is 49.1 Å². The van der Waals surface area contributed by atoms with E-state index in [-0.39, 0.29) is 0 Å². The van der Waals surface area contributed by atoms with Crippen LogP contribution in [0.4, 0.5) is 0 Å². The van der Waals surface area contributed by atoms with Crippen LogP contribution in [0.2, 0.25) is 0 Å². The van der Waals surface area contributed by atoms with Crippen LogP contribution in [0.5, 0.6) is 0 Å². The highest BCUT2D eigenvalue weighted by Gasteiger charge is 1.94. The number of pyridine rings is 2. The number of carbonyl (C=O) groups is 1. The number of amides is 1. The van der Waals surface area contributed by atoms with Crippen LogP contribution < -0.4 is 5.73 Å². The average Bonchev–Trinajstić information content (AvgIpc) is 2.32. The van der Waals surface area contributed by atoms with E-state index in [9.17, 15) is 4.79 Å². The molecule has 4 nitrogen and oxygen atoms in total. The maximum Gasteiger partial charge on any atom is 0.250 e. The van der Waals surface area contributed by atoms with Gasteiger partial charge in [-0.3, -0.25) is 14.8 Å². The van der Waals surface area contributed by atoms with Gasteiger partial charge in [0.05, 0.1) is 5.56 Å². The fraction of sp³-hybridized carbons (Fsp3) is 0.0833. The lowest BCUT2D eigenvalue weighted by atomic mass is 10.3. The first-order valence-electron chi connectivity index (χ1n) is 4.76. The Morgan fingerprint density at radius 2 is 1.75 bits per heavy atom. The zero-order valence-electron chi connectivity index (χ0n) is 9.00. The standard InChI is InChI=1S/C6H6N2O.C6H7N/c7-6(9)5-2-1-3-8-4-5;1-6-3-2-4-7-5-6/h1-4H,(H2,7,9);2-5H,1H3. The van der Waals surface area contributed by atoms with Crippen LogP contribution in [0.1, 0.15) is 15.9 Å². The summed E-state index contributed by atoms with van der Waals surface area (Å²) >= 11 is 0. The molecule has 0 radical (unpaired) electrons. The summed E-state index contributed by atoms with van der Waals surface area (Å²) < 4.78 is 0. The molecule has 0 spiro atoms. The molecular weight excluding hydrogens is 202 g/mol. The molecule has 0 aliphatic rings. The summed E-state index contributed by atoms with van der Waals surface area (Å²) in [5.41, 5.74) is 6.59. The highest BCUT2D eigenvalue weighted by atomic mass is 16.1. The average molecular weight is 215 g/mol. The highest BCUT2D eigenvalue weighted by molar-refractivity contribution is 5.92. The highest BCUT2D eigenvalue weighted by Crippen LogP contribution is 1.91. The monoisotopic (exact) mass is 215 g/mol. The van der Waals surface area contributed by atoms with Crippen molar-refractivity contribution < 1.29 is 4.79 Å². The molecule has 2 aromatic heterocycles. The van der Waals surface area contributed by atoms with Gasteiger partial charge in [-0.2, -0.15) is 0 Å². The summed E-state index contributed by atoms with van der Waals surface area (Å²) in [6.07, 6.45) is 6.63. The Kier molecular flexibility index (Phi) is 4.66. The molecule has 0 unspecified atom stereocenters. The molecule has 0 fully saturated rings. The fourth-order valence-electron chi connectivity index (χ4n) is 0.957. The summed E-state index contributed by atoms with van der Waals surface area (Å²) in [5.74, 6) is -0.442. The predicted octanol–water partition coefficient (Wildman–Crippen LogP) is 1.57. The molecule has 0 saturated heterocycles. The van der Waals surface area contributed by atoms with Gasteiger partial charge in [0.1, 0.15) is 0 Å². The maximum absolute atomic E-state index is 10.4. The van der Waals surface area contributed by atoms with Crippen molar-refractivity contribution in [2.45, 2.75) is 6.92 Å². The number of aromatic nitrogens is 2. The molecule has 2 aromatic rings. The number of rotatable bonds is 1. The third kappa shape index (κ3) is 4.32. The Hall–Kier alpha value is -2.23. The van der Waals surface area contributed by atoms with Gasteiger partial charge < -0.3 is 5.73 Å². The molecule has 4 heteroatoms. The molecule has 2 N–H and O–H groups in total. The van der Waals surface area contributed by atoms with Crippen molar-refractivity contribution in [3.63, 3.8) is 0 Å². The minimum Gasteiger partial charge on any atom is -0.366 e. The van der Waals surface area contributed by atoms with Gasteiger partial charge in [-0.15, -0.1) is 0 Å². The number of hydrogen-bond acceptors (Lipinski definition) is 3. The maximum atomic E-state index is 10.4. The van der Waals surface area contributed by atoms with Crippen molar-refractivity contribution >= 4 is 5.91 Å². The Morgan fingerprint density at radius 3 is 2.00 bits per heavy atom. The van der Waals surface area contributed by atoms with Gasteiger partial charge in [-0.25, -0.2) is 0 Å². The molecule has 0 aromatic carbocycles. The van der Waals surface area contributed by atoms with E-state index in [1.165, 1.54) is 11.8 Å². The van der Waals surface area contributed by atoms with E-state index in [0.29, 0.717) is 5.56 Å². The van der Waals surface area contributed by atoms with Crippen LogP contribution in [-0.2, 0) is 0 Å². The van der Waals surface area contributed by atoms with E-state index in [1.807, 2.05) is 25.3 Å². The van der Waals surface area contributed by atoms with Gasteiger partial charge in [-0.05, 0) is 30.7 Å². The van der Waals surface area contributed by atoms with E-state index >= 15 is 0 Å². The number of nitrogens with two attached hydrogens (primary N) is 1. The summed E-state index contributed by atoms with van der Waals surface area (Å²) in [6, 6.07) is 7.23. The van der Waals surface area contributed by atoms with E-state index in [0.717, 1.165) is 0 Å². The first-order chi connectivity index (χ1) is 7.70. The van der Waals surface area contributed by atoms with Gasteiger partial charge in [0, 0.05) is 24.8 Å². The van der Waals surface area contributed by atoms with Gasteiger partial charge >= 0.3 is 0 Å². The summed E-state index contributed by atoms with van der Waals surface area (Å²) in [4.78, 5) is 18.0. The number of primary amides is 1. The molecule has 0 aliphatic carbocycles. The predicted molar refractivity (Wildman–Crippen MR) is 61.7 cm³/mol. The second kappa shape index (κ2) is 6.29. The van der Waals surface area contributed by atoms with Crippen molar-refractivity contribution in [1.82, 2.24) is 9.97 Å². The number of aryl methyl sites for hydroxylation is 1. The Balaban J connectivity index is 0.000000165. The Labute approximate surface area is 94.2 Å². The van der Waals surface area contributed by atoms with Gasteiger partial charge in [-0.1, -0.05) is 6.07 Å². The van der Waals surface area contributed by atoms with Gasteiger partial charge in [0.25, 0.3) is 0 Å². The van der Waals surface area contributed by atoms with Crippen LogP contribution in [0, 0.1) is 6.92 Å². The zero-order chi connectivity index (χ0) is 11.8. The summed E-state index contributed by atoms with van der Waals surface area (Å²) in [6.45, 7) is 2.02. The third-order valence-electron chi connectivity index (χ3n) is 1.76. The van der Waals surface area contributed by atoms with Gasteiger partial charge in [0.15, 0.2) is 0 Å². The van der Waals surface area contributed by atoms with Crippen molar-refractivity contribution in [3.05, 3.63) is 60.2 Å². The summed E-state index contributed by atoms with van der Waals surface area (Å²) in [5, 5.41) is 0. The lowest BCUT2D eigenvalue weighted by Gasteiger charge is -1.88. The minimum atomic E-state index is -0.442. The van der Waals surface area contributed by atoms with Crippen molar-refractivity contribution in [2.24, 2.45) is 5.73 Å². The molecular formula is C12H13N3O. The van der Waals surface area contributed by atoms with E-state index in [2.05, 4.69) is 9.97 Å². The minimum absolute atomic E-state index is 0.442. The number of hydrogen-bond donors (Lipinski definition) is 1. The van der Waals surface area contributed by atoms with E-state index in [1.54, 1.807) is 24.5 Å². The van der Waals surface area contributed by atoms with Crippen molar-refractivity contribution in [2.75, 3.05) is 0 Å². The largest absolute Gasteiger partial charge is 0.366 e. The number of carbonyl (C=O) groups excluding carboxylic acids is 1. The molecule has 82 valence electrons. The van der Waals surface area contributed by atoms with Crippen LogP contribution >= 0.6 is 0 Å². The lowest BCUT2D eigenvalue weighted by molar-refractivity contribution is 0.1000. The first kappa shape index (κ1) is 11.8. The molecule has 0 atom stereocenters. The van der Waals surface area contributed by atoms with Crippen molar-refractivity contribution in [3.8, 4) is 0 Å². The smallest absolute Gasteiger partial charge is 0.250 e. The van der Waals surface area contributed by atoms with Gasteiger partial charge in [0.2, 0.25) is 5.91 Å². The SMILES string of the molecule is Cc1cccnc1.NC(=O)c1cccnc1. The third-order valence-corrected chi connectivity index (χ3v) is 1.76. The van der Waals surface area contributed by atoms with E-state index in [4.69, 9.17) is 5.73 Å². The molecule has 0 aliphatic heterocycles. The summed E-state index contributed by atoms with van der Waals surface area (Å²) in [7, 11) is 0. The normalized spacial score (nSPS) is 8.81. The van der Waals surface area contributed by atoms with E-state index < -0.39 is 5.91 Å². The molecule has 2 rings (SSSR count).